The van der Waals surface area contributed by atoms with Gasteiger partial charge in [-0.15, -0.1) is 0 Å². The van der Waals surface area contributed by atoms with E-state index in [2.05, 4.69) is 4.98 Å². The maximum absolute atomic E-state index is 10.8. The molecule has 1 aromatic rings. The number of allylic oxidation sites excluding steroid dienone is 1. The SMILES string of the molecule is COc1cccc(/C=C(/C(C)C)[N+](=O)[O-])n1. The first-order valence-electron chi connectivity index (χ1n) is 4.91. The Kier molecular flexibility index (Phi) is 3.99. The van der Waals surface area contributed by atoms with Crippen LogP contribution in [0, 0.1) is 16.0 Å². The zero-order valence-corrected chi connectivity index (χ0v) is 9.51. The summed E-state index contributed by atoms with van der Waals surface area (Å²) in [5.74, 6) is 0.295. The molecule has 0 atom stereocenters. The molecule has 0 fully saturated rings. The molecule has 1 heterocycles. The highest BCUT2D eigenvalue weighted by atomic mass is 16.6. The van der Waals surface area contributed by atoms with Gasteiger partial charge in [-0.1, -0.05) is 19.9 Å². The molecule has 5 nitrogen and oxygen atoms in total. The second kappa shape index (κ2) is 5.25. The van der Waals surface area contributed by atoms with Crippen molar-refractivity contribution in [2.24, 2.45) is 5.92 Å². The summed E-state index contributed by atoms with van der Waals surface area (Å²) in [4.78, 5) is 14.5. The molecule has 0 saturated carbocycles. The number of ether oxygens (including phenoxy) is 1. The van der Waals surface area contributed by atoms with Gasteiger partial charge in [0.15, 0.2) is 0 Å². The molecule has 16 heavy (non-hydrogen) atoms. The van der Waals surface area contributed by atoms with Crippen LogP contribution < -0.4 is 4.74 Å². The topological polar surface area (TPSA) is 65.3 Å². The molecule has 0 N–H and O–H groups in total. The monoisotopic (exact) mass is 222 g/mol. The fourth-order valence-electron chi connectivity index (χ4n) is 1.21. The molecule has 0 unspecified atom stereocenters. The van der Waals surface area contributed by atoms with Crippen LogP contribution in [-0.2, 0) is 0 Å². The van der Waals surface area contributed by atoms with E-state index >= 15 is 0 Å². The van der Waals surface area contributed by atoms with Gasteiger partial charge in [0.2, 0.25) is 5.88 Å². The Bertz CT molecular complexity index is 413. The van der Waals surface area contributed by atoms with Crippen LogP contribution >= 0.6 is 0 Å². The fourth-order valence-corrected chi connectivity index (χ4v) is 1.21. The maximum atomic E-state index is 10.8. The van der Waals surface area contributed by atoms with Crippen LogP contribution in [-0.4, -0.2) is 17.0 Å². The van der Waals surface area contributed by atoms with Gasteiger partial charge in [-0.3, -0.25) is 10.1 Å². The first-order valence-corrected chi connectivity index (χ1v) is 4.91. The number of nitrogens with zero attached hydrogens (tertiary/aromatic N) is 2. The molecule has 5 heteroatoms. The summed E-state index contributed by atoms with van der Waals surface area (Å²) in [5.41, 5.74) is 0.667. The van der Waals surface area contributed by atoms with Crippen molar-refractivity contribution in [2.75, 3.05) is 7.11 Å². The molecular formula is C11H14N2O3. The third-order valence-electron chi connectivity index (χ3n) is 2.05. The van der Waals surface area contributed by atoms with Gasteiger partial charge in [0.05, 0.1) is 17.7 Å². The van der Waals surface area contributed by atoms with E-state index in [1.165, 1.54) is 13.2 Å². The minimum Gasteiger partial charge on any atom is -0.481 e. The van der Waals surface area contributed by atoms with Crippen molar-refractivity contribution in [3.63, 3.8) is 0 Å². The van der Waals surface area contributed by atoms with Crippen molar-refractivity contribution >= 4 is 6.08 Å². The first-order chi connectivity index (χ1) is 7.54. The van der Waals surface area contributed by atoms with Crippen molar-refractivity contribution in [1.82, 2.24) is 4.98 Å². The fraction of sp³-hybridized carbons (Fsp3) is 0.364. The lowest BCUT2D eigenvalue weighted by molar-refractivity contribution is -0.431. The highest BCUT2D eigenvalue weighted by Crippen LogP contribution is 2.15. The third kappa shape index (κ3) is 3.05. The molecule has 0 spiro atoms. The number of methoxy groups -OCH3 is 1. The average molecular weight is 222 g/mol. The van der Waals surface area contributed by atoms with Crippen LogP contribution in [0.5, 0.6) is 5.88 Å². The molecule has 0 aromatic carbocycles. The summed E-state index contributed by atoms with van der Waals surface area (Å²) in [6.45, 7) is 3.55. The standard InChI is InChI=1S/C11H14N2O3/c1-8(2)10(13(14)15)7-9-5-4-6-11(12-9)16-3/h4-8H,1-3H3/b10-7-. The lowest BCUT2D eigenvalue weighted by Gasteiger charge is -2.02. The summed E-state index contributed by atoms with van der Waals surface area (Å²) < 4.78 is 4.95. The molecule has 0 aliphatic rings. The summed E-state index contributed by atoms with van der Waals surface area (Å²) in [6, 6.07) is 5.14. The molecule has 0 aliphatic heterocycles. The minimum absolute atomic E-state index is 0.140. The lowest BCUT2D eigenvalue weighted by atomic mass is 10.1. The predicted octanol–water partition coefficient (Wildman–Crippen LogP) is 2.36. The van der Waals surface area contributed by atoms with Crippen LogP contribution in [0.25, 0.3) is 6.08 Å². The maximum Gasteiger partial charge on any atom is 0.250 e. The molecule has 0 radical (unpaired) electrons. The van der Waals surface area contributed by atoms with Gasteiger partial charge < -0.3 is 4.74 Å². The van der Waals surface area contributed by atoms with Crippen molar-refractivity contribution in [3.05, 3.63) is 39.7 Å². The quantitative estimate of drug-likeness (QED) is 0.579. The van der Waals surface area contributed by atoms with Crippen LogP contribution in [0.1, 0.15) is 19.5 Å². The summed E-state index contributed by atoms with van der Waals surface area (Å²) in [7, 11) is 1.51. The van der Waals surface area contributed by atoms with E-state index in [9.17, 15) is 10.1 Å². The predicted molar refractivity (Wildman–Crippen MR) is 60.6 cm³/mol. The highest BCUT2D eigenvalue weighted by Gasteiger charge is 2.15. The van der Waals surface area contributed by atoms with Crippen LogP contribution in [0.2, 0.25) is 0 Å². The summed E-state index contributed by atoms with van der Waals surface area (Å²) in [6.07, 6.45) is 1.47. The average Bonchev–Trinajstić information content (AvgIpc) is 2.25. The number of aromatic nitrogens is 1. The molecule has 0 saturated heterocycles. The van der Waals surface area contributed by atoms with Crippen molar-refractivity contribution in [1.29, 1.82) is 0 Å². The second-order valence-electron chi connectivity index (χ2n) is 3.59. The van der Waals surface area contributed by atoms with Gasteiger partial charge in [-0.05, 0) is 6.07 Å². The zero-order valence-electron chi connectivity index (χ0n) is 9.51. The summed E-state index contributed by atoms with van der Waals surface area (Å²) in [5, 5.41) is 10.8. The van der Waals surface area contributed by atoms with E-state index in [0.29, 0.717) is 11.6 Å². The Morgan fingerprint density at radius 1 is 1.56 bits per heavy atom. The van der Waals surface area contributed by atoms with E-state index in [1.54, 1.807) is 32.0 Å². The van der Waals surface area contributed by atoms with Crippen molar-refractivity contribution in [2.45, 2.75) is 13.8 Å². The Morgan fingerprint density at radius 3 is 2.75 bits per heavy atom. The Balaban J connectivity index is 3.07. The van der Waals surface area contributed by atoms with Crippen molar-refractivity contribution < 1.29 is 9.66 Å². The second-order valence-corrected chi connectivity index (χ2v) is 3.59. The zero-order chi connectivity index (χ0) is 12.1. The normalized spacial score (nSPS) is 11.6. The smallest absolute Gasteiger partial charge is 0.250 e. The van der Waals surface area contributed by atoms with E-state index < -0.39 is 0 Å². The lowest BCUT2D eigenvalue weighted by Crippen LogP contribution is -2.05. The van der Waals surface area contributed by atoms with E-state index in [1.807, 2.05) is 0 Å². The Hall–Kier alpha value is -1.91. The molecular weight excluding hydrogens is 208 g/mol. The van der Waals surface area contributed by atoms with Gasteiger partial charge in [-0.25, -0.2) is 4.98 Å². The molecule has 0 amide bonds. The molecule has 0 aliphatic carbocycles. The van der Waals surface area contributed by atoms with Gasteiger partial charge >= 0.3 is 0 Å². The van der Waals surface area contributed by atoms with Crippen LogP contribution in [0.15, 0.2) is 23.9 Å². The van der Waals surface area contributed by atoms with Gasteiger partial charge in [-0.2, -0.15) is 0 Å². The third-order valence-corrected chi connectivity index (χ3v) is 2.05. The molecule has 86 valence electrons. The number of rotatable bonds is 4. The number of pyridine rings is 1. The van der Waals surface area contributed by atoms with Crippen molar-refractivity contribution in [3.8, 4) is 5.88 Å². The Labute approximate surface area is 93.9 Å². The highest BCUT2D eigenvalue weighted by molar-refractivity contribution is 5.47. The number of hydrogen-bond acceptors (Lipinski definition) is 4. The van der Waals surface area contributed by atoms with Gasteiger partial charge in [0.1, 0.15) is 0 Å². The Morgan fingerprint density at radius 2 is 2.25 bits per heavy atom. The summed E-state index contributed by atoms with van der Waals surface area (Å²) >= 11 is 0. The van der Waals surface area contributed by atoms with Gasteiger partial charge in [0.25, 0.3) is 5.70 Å². The van der Waals surface area contributed by atoms with E-state index in [4.69, 9.17) is 4.74 Å². The number of nitro groups is 1. The molecule has 1 aromatic heterocycles. The number of hydrogen-bond donors (Lipinski definition) is 0. The van der Waals surface area contributed by atoms with E-state index in [0.717, 1.165) is 0 Å². The largest absolute Gasteiger partial charge is 0.481 e. The molecule has 1 rings (SSSR count). The van der Waals surface area contributed by atoms with Gasteiger partial charge in [0, 0.05) is 18.1 Å². The van der Waals surface area contributed by atoms with Crippen LogP contribution in [0.3, 0.4) is 0 Å². The first kappa shape index (κ1) is 12.2. The minimum atomic E-state index is -0.383. The van der Waals surface area contributed by atoms with E-state index in [-0.39, 0.29) is 16.5 Å². The van der Waals surface area contributed by atoms with Crippen LogP contribution in [0.4, 0.5) is 0 Å². The molecule has 0 bridgehead atoms.